The summed E-state index contributed by atoms with van der Waals surface area (Å²) in [5.41, 5.74) is 2.08. The third kappa shape index (κ3) is 6.63. The Labute approximate surface area is 183 Å². The van der Waals surface area contributed by atoms with Crippen molar-refractivity contribution < 1.29 is 9.50 Å². The standard InChI is InChI=1S/C21H27FN4O.HI/c1-23-21(24-13-17-9-10-20(27)19(22)12-17)25-18-8-5-11-26(15-18)14-16-6-3-2-4-7-16;/h2-4,6-7,9-10,12,18,27H,5,8,11,13-15H2,1H3,(H2,23,24,25);1H. The fraction of sp³-hybridized carbons (Fsp3) is 0.381. The second-order valence-electron chi connectivity index (χ2n) is 6.92. The molecule has 3 rings (SSSR count). The first-order valence-electron chi connectivity index (χ1n) is 9.35. The fourth-order valence-electron chi connectivity index (χ4n) is 3.39. The predicted molar refractivity (Wildman–Crippen MR) is 122 cm³/mol. The van der Waals surface area contributed by atoms with E-state index in [0.29, 0.717) is 18.5 Å². The maximum atomic E-state index is 13.5. The Hall–Kier alpha value is -1.87. The van der Waals surface area contributed by atoms with E-state index in [1.807, 2.05) is 6.07 Å². The normalized spacial score (nSPS) is 17.6. The van der Waals surface area contributed by atoms with Gasteiger partial charge < -0.3 is 15.7 Å². The summed E-state index contributed by atoms with van der Waals surface area (Å²) in [4.78, 5) is 6.74. The van der Waals surface area contributed by atoms with E-state index in [4.69, 9.17) is 0 Å². The maximum Gasteiger partial charge on any atom is 0.191 e. The van der Waals surface area contributed by atoms with Gasteiger partial charge in [-0.15, -0.1) is 24.0 Å². The van der Waals surface area contributed by atoms with Crippen LogP contribution in [-0.2, 0) is 13.1 Å². The molecule has 28 heavy (non-hydrogen) atoms. The molecule has 2 aromatic rings. The second kappa shape index (κ2) is 11.2. The third-order valence-corrected chi connectivity index (χ3v) is 4.79. The van der Waals surface area contributed by atoms with Crippen LogP contribution >= 0.6 is 24.0 Å². The van der Waals surface area contributed by atoms with E-state index in [-0.39, 0.29) is 29.7 Å². The van der Waals surface area contributed by atoms with E-state index in [1.54, 1.807) is 13.1 Å². The van der Waals surface area contributed by atoms with E-state index < -0.39 is 5.82 Å². The van der Waals surface area contributed by atoms with Gasteiger partial charge in [0.1, 0.15) is 0 Å². The summed E-state index contributed by atoms with van der Waals surface area (Å²) in [7, 11) is 1.73. The van der Waals surface area contributed by atoms with Gasteiger partial charge in [0.05, 0.1) is 0 Å². The molecule has 0 aliphatic carbocycles. The first-order valence-corrected chi connectivity index (χ1v) is 9.35. The summed E-state index contributed by atoms with van der Waals surface area (Å²) in [5, 5.41) is 16.0. The van der Waals surface area contributed by atoms with Crippen LogP contribution in [0.1, 0.15) is 24.0 Å². The SMILES string of the molecule is CN=C(NCc1ccc(O)c(F)c1)NC1CCCN(Cc2ccccc2)C1.I. The monoisotopic (exact) mass is 498 g/mol. The Morgan fingerprint density at radius 3 is 2.71 bits per heavy atom. The smallest absolute Gasteiger partial charge is 0.191 e. The molecule has 152 valence electrons. The average molecular weight is 498 g/mol. The Morgan fingerprint density at radius 2 is 2.00 bits per heavy atom. The van der Waals surface area contributed by atoms with Gasteiger partial charge in [-0.05, 0) is 42.6 Å². The highest BCUT2D eigenvalue weighted by Gasteiger charge is 2.20. The second-order valence-corrected chi connectivity index (χ2v) is 6.92. The van der Waals surface area contributed by atoms with Crippen LogP contribution in [-0.4, -0.2) is 42.1 Å². The molecule has 1 heterocycles. The van der Waals surface area contributed by atoms with Gasteiger partial charge in [-0.2, -0.15) is 0 Å². The van der Waals surface area contributed by atoms with E-state index in [9.17, 15) is 9.50 Å². The number of nitrogens with zero attached hydrogens (tertiary/aromatic N) is 2. The quantitative estimate of drug-likeness (QED) is 0.336. The van der Waals surface area contributed by atoms with Crippen molar-refractivity contribution in [3.8, 4) is 5.75 Å². The molecule has 0 amide bonds. The first kappa shape index (κ1) is 22.4. The summed E-state index contributed by atoms with van der Waals surface area (Å²) < 4.78 is 13.5. The lowest BCUT2D eigenvalue weighted by Crippen LogP contribution is -2.50. The molecular weight excluding hydrogens is 470 g/mol. The molecule has 5 nitrogen and oxygen atoms in total. The molecular formula is C21H28FIN4O. The largest absolute Gasteiger partial charge is 0.505 e. The van der Waals surface area contributed by atoms with Crippen LogP contribution in [0.15, 0.2) is 53.5 Å². The predicted octanol–water partition coefficient (Wildman–Crippen LogP) is 3.48. The molecule has 1 unspecified atom stereocenters. The number of nitrogens with one attached hydrogen (secondary N) is 2. The Bertz CT molecular complexity index is 772. The van der Waals surface area contributed by atoms with Gasteiger partial charge in [0.2, 0.25) is 0 Å². The van der Waals surface area contributed by atoms with Crippen molar-refractivity contribution in [2.75, 3.05) is 20.1 Å². The first-order chi connectivity index (χ1) is 13.1. The number of hydrogen-bond donors (Lipinski definition) is 3. The minimum absolute atomic E-state index is 0. The van der Waals surface area contributed by atoms with Crippen LogP contribution in [0.3, 0.4) is 0 Å². The van der Waals surface area contributed by atoms with Gasteiger partial charge in [0, 0.05) is 32.7 Å². The molecule has 7 heteroatoms. The molecule has 1 atom stereocenters. The summed E-state index contributed by atoms with van der Waals surface area (Å²) in [6.45, 7) is 3.46. The van der Waals surface area contributed by atoms with Crippen LogP contribution in [0.25, 0.3) is 0 Å². The van der Waals surface area contributed by atoms with Crippen molar-refractivity contribution in [2.24, 2.45) is 4.99 Å². The summed E-state index contributed by atoms with van der Waals surface area (Å²) in [6, 6.07) is 15.2. The average Bonchev–Trinajstić information content (AvgIpc) is 2.69. The molecule has 2 aromatic carbocycles. The number of aromatic hydroxyl groups is 1. The zero-order chi connectivity index (χ0) is 19.1. The number of piperidine rings is 1. The van der Waals surface area contributed by atoms with Gasteiger partial charge in [-0.1, -0.05) is 36.4 Å². The van der Waals surface area contributed by atoms with Crippen LogP contribution in [0.4, 0.5) is 4.39 Å². The van der Waals surface area contributed by atoms with E-state index >= 15 is 0 Å². The van der Waals surface area contributed by atoms with Crippen molar-refractivity contribution in [3.05, 3.63) is 65.5 Å². The minimum Gasteiger partial charge on any atom is -0.505 e. The lowest BCUT2D eigenvalue weighted by Gasteiger charge is -2.34. The van der Waals surface area contributed by atoms with Crippen molar-refractivity contribution in [2.45, 2.75) is 32.0 Å². The molecule has 1 aliphatic heterocycles. The van der Waals surface area contributed by atoms with E-state index in [0.717, 1.165) is 38.0 Å². The zero-order valence-electron chi connectivity index (χ0n) is 16.1. The van der Waals surface area contributed by atoms with Crippen LogP contribution in [0.5, 0.6) is 5.75 Å². The Morgan fingerprint density at radius 1 is 1.21 bits per heavy atom. The lowest BCUT2D eigenvalue weighted by molar-refractivity contribution is 0.192. The van der Waals surface area contributed by atoms with Gasteiger partial charge >= 0.3 is 0 Å². The number of halogens is 2. The van der Waals surface area contributed by atoms with Gasteiger partial charge in [-0.3, -0.25) is 9.89 Å². The molecule has 0 spiro atoms. The molecule has 0 saturated carbocycles. The number of likely N-dealkylation sites (tertiary alicyclic amines) is 1. The molecule has 0 aromatic heterocycles. The summed E-state index contributed by atoms with van der Waals surface area (Å²) >= 11 is 0. The molecule has 0 radical (unpaired) electrons. The number of guanidine groups is 1. The Balaban J connectivity index is 0.00000280. The third-order valence-electron chi connectivity index (χ3n) is 4.79. The highest BCUT2D eigenvalue weighted by Crippen LogP contribution is 2.16. The molecule has 0 bridgehead atoms. The molecule has 1 saturated heterocycles. The van der Waals surface area contributed by atoms with Crippen LogP contribution < -0.4 is 10.6 Å². The number of phenols is 1. The van der Waals surface area contributed by atoms with Crippen molar-refractivity contribution >= 4 is 29.9 Å². The van der Waals surface area contributed by atoms with Gasteiger partial charge in [0.25, 0.3) is 0 Å². The fourth-order valence-corrected chi connectivity index (χ4v) is 3.39. The summed E-state index contributed by atoms with van der Waals surface area (Å²) in [5.74, 6) is -0.238. The highest BCUT2D eigenvalue weighted by atomic mass is 127. The van der Waals surface area contributed by atoms with Crippen molar-refractivity contribution in [1.82, 2.24) is 15.5 Å². The number of hydrogen-bond acceptors (Lipinski definition) is 3. The number of benzene rings is 2. The van der Waals surface area contributed by atoms with Crippen molar-refractivity contribution in [3.63, 3.8) is 0 Å². The summed E-state index contributed by atoms with van der Waals surface area (Å²) in [6.07, 6.45) is 2.24. The van der Waals surface area contributed by atoms with Crippen LogP contribution in [0, 0.1) is 5.82 Å². The van der Waals surface area contributed by atoms with E-state index in [2.05, 4.69) is 44.8 Å². The highest BCUT2D eigenvalue weighted by molar-refractivity contribution is 14.0. The van der Waals surface area contributed by atoms with E-state index in [1.165, 1.54) is 17.7 Å². The topological polar surface area (TPSA) is 59.9 Å². The van der Waals surface area contributed by atoms with Gasteiger partial charge in [-0.25, -0.2) is 4.39 Å². The molecule has 1 fully saturated rings. The number of aliphatic imine (C=N–C) groups is 1. The van der Waals surface area contributed by atoms with Gasteiger partial charge in [0.15, 0.2) is 17.5 Å². The lowest BCUT2D eigenvalue weighted by atomic mass is 10.0. The Kier molecular flexibility index (Phi) is 8.98. The zero-order valence-corrected chi connectivity index (χ0v) is 18.4. The molecule has 3 N–H and O–H groups in total. The number of rotatable bonds is 5. The molecule has 1 aliphatic rings. The minimum atomic E-state index is -0.610. The van der Waals surface area contributed by atoms with Crippen LogP contribution in [0.2, 0.25) is 0 Å². The maximum absolute atomic E-state index is 13.5. The number of phenolic OH excluding ortho intramolecular Hbond substituents is 1. The van der Waals surface area contributed by atoms with Crippen molar-refractivity contribution in [1.29, 1.82) is 0 Å².